The molecule has 0 heterocycles. The van der Waals surface area contributed by atoms with Crippen molar-refractivity contribution in [1.82, 2.24) is 0 Å². The normalized spacial score (nSPS) is 3.75. The summed E-state index contributed by atoms with van der Waals surface area (Å²) in [7, 11) is 0. The van der Waals surface area contributed by atoms with Gasteiger partial charge in [0.25, 0.3) is 0 Å². The molecule has 0 aliphatic carbocycles. The monoisotopic (exact) mass is 156 g/mol. The second kappa shape index (κ2) is 30.6. The second-order valence-corrected chi connectivity index (χ2v) is 0.724. The molecule has 0 amide bonds. The van der Waals surface area contributed by atoms with E-state index in [1.165, 1.54) is 0 Å². The first-order chi connectivity index (χ1) is 1.91. The van der Waals surface area contributed by atoms with E-state index in [1.54, 1.807) is 0 Å². The van der Waals surface area contributed by atoms with Crippen LogP contribution in [0.5, 0.6) is 0 Å². The van der Waals surface area contributed by atoms with Crippen molar-refractivity contribution in [3.8, 4) is 0 Å². The summed E-state index contributed by atoms with van der Waals surface area (Å²) < 4.78 is 0. The van der Waals surface area contributed by atoms with E-state index in [1.807, 2.05) is 6.92 Å². The van der Waals surface area contributed by atoms with Gasteiger partial charge in [-0.2, -0.15) is 0 Å². The predicted molar refractivity (Wildman–Crippen MR) is 46.0 cm³/mol. The number of aliphatic hydroxyl groups is 1. The summed E-state index contributed by atoms with van der Waals surface area (Å²) in [5.41, 5.74) is 0. The van der Waals surface area contributed by atoms with Crippen LogP contribution < -0.4 is 0 Å². The maximum atomic E-state index is 7.88. The molecule has 0 spiro atoms. The average Bonchev–Trinajstić information content (AvgIpc) is 1.37. The zero-order chi connectivity index (χ0) is 3.41. The Balaban J connectivity index is -0.00000000750. The van der Waals surface area contributed by atoms with Crippen molar-refractivity contribution in [2.24, 2.45) is 0 Å². The fraction of sp³-hybridized carbons (Fsp3) is 1.00. The summed E-state index contributed by atoms with van der Waals surface area (Å²) in [5, 5.41) is 7.88. The Morgan fingerprint density at radius 3 is 1.12 bits per heavy atom. The third-order valence-electron chi connectivity index (χ3n) is 0.224. The molecule has 1 nitrogen and oxygen atoms in total. The van der Waals surface area contributed by atoms with Crippen LogP contribution in [0.3, 0.4) is 0 Å². The first-order valence-electron chi connectivity index (χ1n) is 1.52. The topological polar surface area (TPSA) is 20.2 Å². The van der Waals surface area contributed by atoms with Crippen LogP contribution in [0.1, 0.15) is 13.3 Å². The molecule has 0 aromatic heterocycles. The fourth-order valence-electron chi connectivity index (χ4n) is 0. The Morgan fingerprint density at radius 1 is 1.00 bits per heavy atom. The number of hydrogen-bond acceptors (Lipinski definition) is 1. The molecule has 0 saturated heterocycles. The van der Waals surface area contributed by atoms with Gasteiger partial charge in [-0.3, -0.25) is 0 Å². The van der Waals surface area contributed by atoms with E-state index in [-0.39, 0.29) is 118 Å². The fourth-order valence-corrected chi connectivity index (χ4v) is 0. The van der Waals surface area contributed by atoms with Crippen LogP contribution in [0.25, 0.3) is 0 Å². The molecule has 5 heteroatoms. The summed E-state index contributed by atoms with van der Waals surface area (Å²) in [6.07, 6.45) is 0.875. The van der Waals surface area contributed by atoms with Crippen molar-refractivity contribution in [1.29, 1.82) is 0 Å². The van der Waals surface area contributed by atoms with Crippen LogP contribution in [0.15, 0.2) is 0 Å². The molecule has 0 aromatic carbocycles. The number of rotatable bonds is 1. The van der Waals surface area contributed by atoms with Gasteiger partial charge in [0.1, 0.15) is 0 Å². The summed E-state index contributed by atoms with van der Waals surface area (Å²) in [6, 6.07) is 0. The minimum absolute atomic E-state index is 0. The SMILES string of the molecule is CCCO.[NaH].[NaH].[NaH].[NaH]. The van der Waals surface area contributed by atoms with Crippen LogP contribution in [0.4, 0.5) is 0 Å². The molecule has 0 radical (unpaired) electrons. The molecule has 0 unspecified atom stereocenters. The molecule has 0 aromatic rings. The molecule has 1 N–H and O–H groups in total. The van der Waals surface area contributed by atoms with Crippen LogP contribution >= 0.6 is 0 Å². The number of aliphatic hydroxyl groups excluding tert-OH is 1. The van der Waals surface area contributed by atoms with Crippen molar-refractivity contribution in [2.75, 3.05) is 6.61 Å². The van der Waals surface area contributed by atoms with Crippen molar-refractivity contribution in [3.05, 3.63) is 0 Å². The van der Waals surface area contributed by atoms with Gasteiger partial charge in [0.2, 0.25) is 0 Å². The van der Waals surface area contributed by atoms with Crippen molar-refractivity contribution < 1.29 is 5.11 Å². The molecule has 0 rings (SSSR count). The summed E-state index contributed by atoms with van der Waals surface area (Å²) in [5.74, 6) is 0. The van der Waals surface area contributed by atoms with Gasteiger partial charge in [0.15, 0.2) is 0 Å². The quantitative estimate of drug-likeness (QED) is 0.427. The molecule has 0 bridgehead atoms. The summed E-state index contributed by atoms with van der Waals surface area (Å²) in [4.78, 5) is 0. The van der Waals surface area contributed by atoms with Crippen molar-refractivity contribution in [2.45, 2.75) is 13.3 Å². The van der Waals surface area contributed by atoms with Crippen molar-refractivity contribution in [3.63, 3.8) is 0 Å². The summed E-state index contributed by atoms with van der Waals surface area (Å²) >= 11 is 0. The Kier molecular flexibility index (Phi) is 113. The van der Waals surface area contributed by atoms with Crippen LogP contribution in [-0.4, -0.2) is 130 Å². The third-order valence-corrected chi connectivity index (χ3v) is 0.224. The van der Waals surface area contributed by atoms with Gasteiger partial charge >= 0.3 is 118 Å². The Morgan fingerprint density at radius 2 is 1.12 bits per heavy atom. The van der Waals surface area contributed by atoms with E-state index in [0.29, 0.717) is 6.61 Å². The second-order valence-electron chi connectivity index (χ2n) is 0.724. The van der Waals surface area contributed by atoms with Crippen LogP contribution in [0, 0.1) is 0 Å². The molecule has 8 heavy (non-hydrogen) atoms. The van der Waals surface area contributed by atoms with E-state index in [9.17, 15) is 0 Å². The van der Waals surface area contributed by atoms with Gasteiger partial charge < -0.3 is 5.11 Å². The Hall–Kier alpha value is 3.96. The van der Waals surface area contributed by atoms with E-state index >= 15 is 0 Å². The minimum atomic E-state index is 0. The standard InChI is InChI=1S/C3H8O.4Na.4H/c1-2-3-4;;;;;;;;/h4H,2-3H2,1H3;;;;;;;;. The Bertz CT molecular complexity index is 13.2. The average molecular weight is 156 g/mol. The van der Waals surface area contributed by atoms with Gasteiger partial charge in [-0.25, -0.2) is 0 Å². The van der Waals surface area contributed by atoms with Crippen LogP contribution in [0.2, 0.25) is 0 Å². The van der Waals surface area contributed by atoms with E-state index in [4.69, 9.17) is 5.11 Å². The number of hydrogen-bond donors (Lipinski definition) is 1. The molecule has 0 atom stereocenters. The van der Waals surface area contributed by atoms with Gasteiger partial charge in [0.05, 0.1) is 0 Å². The zero-order valence-electron chi connectivity index (χ0n) is 2.86. The van der Waals surface area contributed by atoms with Crippen molar-refractivity contribution >= 4 is 118 Å². The maximum absolute atomic E-state index is 7.88. The van der Waals surface area contributed by atoms with Crippen LogP contribution in [-0.2, 0) is 0 Å². The molecule has 0 aliphatic rings. The first-order valence-corrected chi connectivity index (χ1v) is 1.52. The van der Waals surface area contributed by atoms with E-state index in [0.717, 1.165) is 6.42 Å². The molecule has 34 valence electrons. The van der Waals surface area contributed by atoms with E-state index in [2.05, 4.69) is 0 Å². The molecule has 0 saturated carbocycles. The molecular formula is C3H12Na4O. The van der Waals surface area contributed by atoms with Gasteiger partial charge in [-0.05, 0) is 6.42 Å². The van der Waals surface area contributed by atoms with Gasteiger partial charge in [-0.15, -0.1) is 0 Å². The Labute approximate surface area is 140 Å². The van der Waals surface area contributed by atoms with Gasteiger partial charge in [-0.1, -0.05) is 6.92 Å². The zero-order valence-corrected chi connectivity index (χ0v) is 2.86. The predicted octanol–water partition coefficient (Wildman–Crippen LogP) is -2.21. The molecular weight excluding hydrogens is 144 g/mol. The van der Waals surface area contributed by atoms with Gasteiger partial charge in [0, 0.05) is 6.61 Å². The first kappa shape index (κ1) is 29.7. The molecule has 0 aliphatic heterocycles. The van der Waals surface area contributed by atoms with E-state index < -0.39 is 0 Å². The molecule has 0 fully saturated rings. The summed E-state index contributed by atoms with van der Waals surface area (Å²) in [6.45, 7) is 2.25. The third kappa shape index (κ3) is 32.5.